The molecule has 0 amide bonds. The van der Waals surface area contributed by atoms with Crippen molar-refractivity contribution in [3.63, 3.8) is 0 Å². The number of aromatic nitrogens is 2. The van der Waals surface area contributed by atoms with Crippen LogP contribution >= 0.6 is 0 Å². The maximum Gasteiger partial charge on any atom is 0.139 e. The van der Waals surface area contributed by atoms with Crippen LogP contribution in [0, 0.1) is 6.92 Å². The monoisotopic (exact) mass is 311 g/mol. The highest BCUT2D eigenvalue weighted by Gasteiger charge is 2.07. The van der Waals surface area contributed by atoms with E-state index in [-0.39, 0.29) is 6.61 Å². The zero-order chi connectivity index (χ0) is 16.2. The second-order valence-electron chi connectivity index (χ2n) is 5.40. The average molecular weight is 311 g/mol. The van der Waals surface area contributed by atoms with Crippen molar-refractivity contribution in [1.82, 2.24) is 9.38 Å². The molecular formula is C18H21N3O2. The van der Waals surface area contributed by atoms with Gasteiger partial charge >= 0.3 is 0 Å². The van der Waals surface area contributed by atoms with E-state index in [4.69, 9.17) is 4.74 Å². The fourth-order valence-corrected chi connectivity index (χ4v) is 2.63. The molecule has 2 heterocycles. The molecule has 0 saturated heterocycles. The van der Waals surface area contributed by atoms with E-state index in [2.05, 4.69) is 27.7 Å². The van der Waals surface area contributed by atoms with Gasteiger partial charge in [0, 0.05) is 17.4 Å². The molecule has 0 radical (unpaired) electrons. The van der Waals surface area contributed by atoms with E-state index in [9.17, 15) is 5.11 Å². The van der Waals surface area contributed by atoms with Crippen molar-refractivity contribution in [2.45, 2.75) is 27.0 Å². The molecule has 3 rings (SSSR count). The van der Waals surface area contributed by atoms with Crippen LogP contribution in [-0.2, 0) is 13.2 Å². The fraction of sp³-hybridized carbons (Fsp3) is 0.278. The molecule has 0 aliphatic heterocycles. The Morgan fingerprint density at radius 3 is 2.96 bits per heavy atom. The Morgan fingerprint density at radius 1 is 1.30 bits per heavy atom. The van der Waals surface area contributed by atoms with Crippen LogP contribution in [0.15, 0.2) is 42.7 Å². The maximum absolute atomic E-state index is 9.47. The predicted molar refractivity (Wildman–Crippen MR) is 90.8 cm³/mol. The number of nitrogens with one attached hydrogen (secondary N) is 1. The van der Waals surface area contributed by atoms with E-state index < -0.39 is 0 Å². The number of anilines is 1. The van der Waals surface area contributed by atoms with Gasteiger partial charge in [-0.1, -0.05) is 6.07 Å². The number of benzene rings is 1. The zero-order valence-electron chi connectivity index (χ0n) is 13.4. The number of hydrogen-bond acceptors (Lipinski definition) is 4. The summed E-state index contributed by atoms with van der Waals surface area (Å²) >= 11 is 0. The molecule has 0 atom stereocenters. The third kappa shape index (κ3) is 3.14. The number of rotatable bonds is 6. The molecule has 0 saturated carbocycles. The van der Waals surface area contributed by atoms with Crippen LogP contribution in [0.5, 0.6) is 5.75 Å². The molecule has 23 heavy (non-hydrogen) atoms. The van der Waals surface area contributed by atoms with Crippen molar-refractivity contribution in [2.24, 2.45) is 0 Å². The van der Waals surface area contributed by atoms with Gasteiger partial charge in [0.2, 0.25) is 0 Å². The molecule has 0 fully saturated rings. The Labute approximate surface area is 135 Å². The molecule has 3 aromatic rings. The fourth-order valence-electron chi connectivity index (χ4n) is 2.63. The largest absolute Gasteiger partial charge is 0.494 e. The zero-order valence-corrected chi connectivity index (χ0v) is 13.4. The highest BCUT2D eigenvalue weighted by Crippen LogP contribution is 2.23. The number of aliphatic hydroxyl groups excluding tert-OH is 1. The molecule has 120 valence electrons. The van der Waals surface area contributed by atoms with Crippen LogP contribution in [-0.4, -0.2) is 21.1 Å². The molecular weight excluding hydrogens is 290 g/mol. The van der Waals surface area contributed by atoms with E-state index in [1.54, 1.807) is 0 Å². The first kappa shape index (κ1) is 15.4. The quantitative estimate of drug-likeness (QED) is 0.734. The minimum absolute atomic E-state index is 0.0420. The van der Waals surface area contributed by atoms with Gasteiger partial charge in [0.1, 0.15) is 11.4 Å². The number of pyridine rings is 1. The second-order valence-corrected chi connectivity index (χ2v) is 5.40. The number of imidazole rings is 1. The van der Waals surface area contributed by atoms with Gasteiger partial charge in [-0.05, 0) is 43.7 Å². The van der Waals surface area contributed by atoms with Gasteiger partial charge in [0.05, 0.1) is 31.6 Å². The third-order valence-corrected chi connectivity index (χ3v) is 3.81. The van der Waals surface area contributed by atoms with Gasteiger partial charge in [-0.15, -0.1) is 0 Å². The van der Waals surface area contributed by atoms with Crippen molar-refractivity contribution in [1.29, 1.82) is 0 Å². The van der Waals surface area contributed by atoms with Crippen LogP contribution in [0.25, 0.3) is 5.65 Å². The van der Waals surface area contributed by atoms with Crippen molar-refractivity contribution >= 4 is 11.3 Å². The van der Waals surface area contributed by atoms with Crippen molar-refractivity contribution in [2.75, 3.05) is 11.9 Å². The summed E-state index contributed by atoms with van der Waals surface area (Å²) in [5.41, 5.74) is 4.95. The first-order valence-corrected chi connectivity index (χ1v) is 7.75. The average Bonchev–Trinajstić information content (AvgIpc) is 2.99. The lowest BCUT2D eigenvalue weighted by molar-refractivity contribution is 0.267. The molecule has 2 aromatic heterocycles. The Bertz CT molecular complexity index is 811. The number of fused-ring (bicyclic) bond motifs is 1. The summed E-state index contributed by atoms with van der Waals surface area (Å²) in [5, 5.41) is 12.8. The summed E-state index contributed by atoms with van der Waals surface area (Å²) in [6.07, 6.45) is 3.90. The topological polar surface area (TPSA) is 58.8 Å². The minimum atomic E-state index is -0.0420. The van der Waals surface area contributed by atoms with Gasteiger partial charge in [-0.2, -0.15) is 0 Å². The van der Waals surface area contributed by atoms with Gasteiger partial charge in [-0.3, -0.25) is 0 Å². The van der Waals surface area contributed by atoms with E-state index in [0.29, 0.717) is 13.2 Å². The van der Waals surface area contributed by atoms with E-state index in [1.165, 1.54) is 0 Å². The Balaban J connectivity index is 1.78. The number of nitrogens with zero attached hydrogens (tertiary/aromatic N) is 2. The second kappa shape index (κ2) is 6.71. The standard InChI is InChI=1S/C18H21N3O2/c1-3-23-17-7-6-15(9-14(17)12-22)19-10-16-11-20-18-13(2)5-4-8-21(16)18/h4-9,11,19,22H,3,10,12H2,1-2H3. The molecule has 2 N–H and O–H groups in total. The van der Waals surface area contributed by atoms with E-state index in [0.717, 1.165) is 33.9 Å². The van der Waals surface area contributed by atoms with Crippen LogP contribution in [0.2, 0.25) is 0 Å². The highest BCUT2D eigenvalue weighted by atomic mass is 16.5. The molecule has 0 spiro atoms. The summed E-state index contributed by atoms with van der Waals surface area (Å²) in [7, 11) is 0. The SMILES string of the molecule is CCOc1ccc(NCc2cnc3c(C)cccn23)cc1CO. The Hall–Kier alpha value is -2.53. The number of hydrogen-bond donors (Lipinski definition) is 2. The summed E-state index contributed by atoms with van der Waals surface area (Å²) in [5.74, 6) is 0.728. The summed E-state index contributed by atoms with van der Waals surface area (Å²) < 4.78 is 7.59. The van der Waals surface area contributed by atoms with Crippen molar-refractivity contribution in [3.8, 4) is 5.75 Å². The first-order valence-electron chi connectivity index (χ1n) is 7.75. The summed E-state index contributed by atoms with van der Waals surface area (Å²) in [4.78, 5) is 4.47. The van der Waals surface area contributed by atoms with E-state index >= 15 is 0 Å². The smallest absolute Gasteiger partial charge is 0.139 e. The van der Waals surface area contributed by atoms with Crippen LogP contribution < -0.4 is 10.1 Å². The van der Waals surface area contributed by atoms with Crippen molar-refractivity contribution < 1.29 is 9.84 Å². The van der Waals surface area contributed by atoms with Gasteiger partial charge in [-0.25, -0.2) is 4.98 Å². The molecule has 0 aliphatic rings. The van der Waals surface area contributed by atoms with Gasteiger partial charge < -0.3 is 19.6 Å². The lowest BCUT2D eigenvalue weighted by Gasteiger charge is -2.12. The number of aryl methyl sites for hydroxylation is 1. The first-order chi connectivity index (χ1) is 11.2. The molecule has 5 heteroatoms. The highest BCUT2D eigenvalue weighted by molar-refractivity contribution is 5.52. The van der Waals surface area contributed by atoms with Gasteiger partial charge in [0.25, 0.3) is 0 Å². The number of aliphatic hydroxyl groups is 1. The predicted octanol–water partition coefficient (Wildman–Crippen LogP) is 3.15. The Kier molecular flexibility index (Phi) is 4.48. The molecule has 0 bridgehead atoms. The third-order valence-electron chi connectivity index (χ3n) is 3.81. The van der Waals surface area contributed by atoms with Crippen LogP contribution in [0.3, 0.4) is 0 Å². The Morgan fingerprint density at radius 2 is 2.17 bits per heavy atom. The van der Waals surface area contributed by atoms with Crippen molar-refractivity contribution in [3.05, 3.63) is 59.5 Å². The summed E-state index contributed by atoms with van der Waals surface area (Å²) in [6, 6.07) is 9.84. The van der Waals surface area contributed by atoms with Crippen LogP contribution in [0.1, 0.15) is 23.7 Å². The molecule has 0 aliphatic carbocycles. The molecule has 5 nitrogen and oxygen atoms in total. The molecule has 1 aromatic carbocycles. The minimum Gasteiger partial charge on any atom is -0.494 e. The normalized spacial score (nSPS) is 10.9. The summed E-state index contributed by atoms with van der Waals surface area (Å²) in [6.45, 7) is 5.18. The lowest BCUT2D eigenvalue weighted by Crippen LogP contribution is -2.04. The molecule has 0 unspecified atom stereocenters. The number of ether oxygens (including phenoxy) is 1. The lowest BCUT2D eigenvalue weighted by atomic mass is 10.2. The van der Waals surface area contributed by atoms with Gasteiger partial charge in [0.15, 0.2) is 0 Å². The maximum atomic E-state index is 9.47. The van der Waals surface area contributed by atoms with E-state index in [1.807, 2.05) is 43.6 Å². The van der Waals surface area contributed by atoms with Crippen LogP contribution in [0.4, 0.5) is 5.69 Å².